The van der Waals surface area contributed by atoms with Gasteiger partial charge in [-0.05, 0) is 19.9 Å². The average Bonchev–Trinajstić information content (AvgIpc) is 2.55. The minimum Gasteiger partial charge on any atom is -0.361 e. The summed E-state index contributed by atoms with van der Waals surface area (Å²) in [4.78, 5) is 11.5. The van der Waals surface area contributed by atoms with E-state index in [1.54, 1.807) is 13.8 Å². The number of rotatable bonds is 2. The minimum absolute atomic E-state index is 0.249. The zero-order valence-corrected chi connectivity index (χ0v) is 9.03. The van der Waals surface area contributed by atoms with E-state index in [2.05, 4.69) is 5.16 Å². The summed E-state index contributed by atoms with van der Waals surface area (Å²) < 4.78 is 19.3. The number of halogens is 1. The summed E-state index contributed by atoms with van der Waals surface area (Å²) >= 11 is 0. The zero-order valence-electron chi connectivity index (χ0n) is 9.03. The van der Waals surface area contributed by atoms with Gasteiger partial charge in [0.05, 0.1) is 12.2 Å². The first-order valence-corrected chi connectivity index (χ1v) is 4.85. The van der Waals surface area contributed by atoms with Gasteiger partial charge in [0.25, 0.3) is 5.56 Å². The lowest BCUT2D eigenvalue weighted by atomic mass is 10.2. The van der Waals surface area contributed by atoms with Crippen molar-refractivity contribution in [1.82, 2.24) is 9.72 Å². The average molecular weight is 222 g/mol. The van der Waals surface area contributed by atoms with E-state index >= 15 is 0 Å². The highest BCUT2D eigenvalue weighted by molar-refractivity contribution is 5.21. The van der Waals surface area contributed by atoms with Crippen molar-refractivity contribution in [3.05, 3.63) is 51.5 Å². The molecule has 4 nitrogen and oxygen atoms in total. The van der Waals surface area contributed by atoms with Crippen LogP contribution in [0.25, 0.3) is 0 Å². The Labute approximate surface area is 91.3 Å². The Kier molecular flexibility index (Phi) is 2.60. The van der Waals surface area contributed by atoms with E-state index in [4.69, 9.17) is 4.52 Å². The van der Waals surface area contributed by atoms with Gasteiger partial charge in [0.1, 0.15) is 11.6 Å². The predicted octanol–water partition coefficient (Wildman–Crippen LogP) is 1.64. The molecule has 0 aliphatic carbocycles. The molecule has 2 heterocycles. The maximum atomic E-state index is 13.0. The molecule has 0 N–H and O–H groups in total. The van der Waals surface area contributed by atoms with E-state index in [-0.39, 0.29) is 12.1 Å². The van der Waals surface area contributed by atoms with Crippen molar-refractivity contribution in [2.24, 2.45) is 0 Å². The lowest BCUT2D eigenvalue weighted by Gasteiger charge is -2.04. The van der Waals surface area contributed by atoms with Crippen molar-refractivity contribution in [2.45, 2.75) is 20.4 Å². The molecule has 2 aromatic heterocycles. The fraction of sp³-hybridized carbons (Fsp3) is 0.273. The number of hydrogen-bond donors (Lipinski definition) is 0. The maximum Gasteiger partial charge on any atom is 0.251 e. The minimum atomic E-state index is -0.439. The second-order valence-corrected chi connectivity index (χ2v) is 3.62. The van der Waals surface area contributed by atoms with E-state index in [1.165, 1.54) is 16.8 Å². The van der Waals surface area contributed by atoms with E-state index in [1.807, 2.05) is 0 Å². The second-order valence-electron chi connectivity index (χ2n) is 3.62. The van der Waals surface area contributed by atoms with Crippen LogP contribution in [0, 0.1) is 19.7 Å². The van der Waals surface area contributed by atoms with Gasteiger partial charge in [-0.3, -0.25) is 4.79 Å². The largest absolute Gasteiger partial charge is 0.361 e. The van der Waals surface area contributed by atoms with Crippen molar-refractivity contribution >= 4 is 0 Å². The number of pyridine rings is 1. The Morgan fingerprint density at radius 3 is 2.81 bits per heavy atom. The van der Waals surface area contributed by atoms with Gasteiger partial charge in [0, 0.05) is 17.8 Å². The SMILES string of the molecule is Cc1noc(C)c1Cn1cc(F)ccc1=O. The summed E-state index contributed by atoms with van der Waals surface area (Å²) in [5.41, 5.74) is 1.28. The van der Waals surface area contributed by atoms with Crippen LogP contribution >= 0.6 is 0 Å². The van der Waals surface area contributed by atoms with Crippen LogP contribution in [0.2, 0.25) is 0 Å². The molecule has 0 saturated carbocycles. The maximum absolute atomic E-state index is 13.0. The Hall–Kier alpha value is -1.91. The molecule has 0 amide bonds. The smallest absolute Gasteiger partial charge is 0.251 e. The fourth-order valence-electron chi connectivity index (χ4n) is 1.52. The van der Waals surface area contributed by atoms with Gasteiger partial charge in [0.2, 0.25) is 0 Å². The third-order valence-corrected chi connectivity index (χ3v) is 2.46. The Bertz CT molecular complexity index is 552. The van der Waals surface area contributed by atoms with Crippen LogP contribution in [-0.4, -0.2) is 9.72 Å². The van der Waals surface area contributed by atoms with Crippen molar-refractivity contribution in [1.29, 1.82) is 0 Å². The van der Waals surface area contributed by atoms with Crippen molar-refractivity contribution in [3.8, 4) is 0 Å². The van der Waals surface area contributed by atoms with Gasteiger partial charge in [-0.25, -0.2) is 4.39 Å². The van der Waals surface area contributed by atoms with Crippen molar-refractivity contribution in [3.63, 3.8) is 0 Å². The predicted molar refractivity (Wildman–Crippen MR) is 55.7 cm³/mol. The molecule has 2 rings (SSSR count). The Morgan fingerprint density at radius 1 is 1.44 bits per heavy atom. The lowest BCUT2D eigenvalue weighted by Crippen LogP contribution is -2.19. The van der Waals surface area contributed by atoms with Crippen molar-refractivity contribution in [2.75, 3.05) is 0 Å². The van der Waals surface area contributed by atoms with Crippen LogP contribution in [0.3, 0.4) is 0 Å². The number of aromatic nitrogens is 2. The van der Waals surface area contributed by atoms with Gasteiger partial charge < -0.3 is 9.09 Å². The van der Waals surface area contributed by atoms with Crippen molar-refractivity contribution < 1.29 is 8.91 Å². The standard InChI is InChI=1S/C11H11FN2O2/c1-7-10(8(2)16-13-7)6-14-5-9(12)3-4-11(14)15/h3-5H,6H2,1-2H3. The van der Waals surface area contributed by atoms with Crippen LogP contribution in [0.1, 0.15) is 17.0 Å². The molecule has 0 fully saturated rings. The molecular weight excluding hydrogens is 211 g/mol. The first kappa shape index (κ1) is 10.6. The van der Waals surface area contributed by atoms with Crippen LogP contribution < -0.4 is 5.56 Å². The molecule has 0 aliphatic heterocycles. The summed E-state index contributed by atoms with van der Waals surface area (Å²) in [7, 11) is 0. The molecule has 0 saturated heterocycles. The molecule has 84 valence electrons. The highest BCUT2D eigenvalue weighted by Gasteiger charge is 2.10. The molecule has 0 unspecified atom stereocenters. The molecular formula is C11H11FN2O2. The third kappa shape index (κ3) is 1.88. The second kappa shape index (κ2) is 3.92. The molecule has 2 aromatic rings. The van der Waals surface area contributed by atoms with Gasteiger partial charge in [-0.1, -0.05) is 5.16 Å². The zero-order chi connectivity index (χ0) is 11.7. The molecule has 0 aliphatic rings. The molecule has 0 aromatic carbocycles. The monoisotopic (exact) mass is 222 g/mol. The summed E-state index contributed by atoms with van der Waals surface area (Å²) in [5, 5.41) is 3.78. The highest BCUT2D eigenvalue weighted by Crippen LogP contribution is 2.13. The van der Waals surface area contributed by atoms with Crippen LogP contribution in [0.15, 0.2) is 27.6 Å². The summed E-state index contributed by atoms with van der Waals surface area (Å²) in [6.07, 6.45) is 1.17. The highest BCUT2D eigenvalue weighted by atomic mass is 19.1. The lowest BCUT2D eigenvalue weighted by molar-refractivity contribution is 0.392. The Balaban J connectivity index is 2.41. The van der Waals surface area contributed by atoms with Crippen LogP contribution in [0.5, 0.6) is 0 Å². The van der Waals surface area contributed by atoms with E-state index in [9.17, 15) is 9.18 Å². The van der Waals surface area contributed by atoms with Gasteiger partial charge >= 0.3 is 0 Å². The summed E-state index contributed by atoms with van der Waals surface area (Å²) in [6, 6.07) is 2.35. The topological polar surface area (TPSA) is 48.0 Å². The third-order valence-electron chi connectivity index (χ3n) is 2.46. The molecule has 16 heavy (non-hydrogen) atoms. The van der Waals surface area contributed by atoms with E-state index in [0.29, 0.717) is 11.5 Å². The van der Waals surface area contributed by atoms with Gasteiger partial charge in [-0.2, -0.15) is 0 Å². The van der Waals surface area contributed by atoms with Crippen LogP contribution in [0.4, 0.5) is 4.39 Å². The van der Waals surface area contributed by atoms with E-state index < -0.39 is 5.82 Å². The molecule has 5 heteroatoms. The number of aryl methyl sites for hydroxylation is 2. The van der Waals surface area contributed by atoms with Crippen LogP contribution in [-0.2, 0) is 6.54 Å². The van der Waals surface area contributed by atoms with Gasteiger partial charge in [-0.15, -0.1) is 0 Å². The normalized spacial score (nSPS) is 10.7. The number of nitrogens with zero attached hydrogens (tertiary/aromatic N) is 2. The molecule has 0 bridgehead atoms. The van der Waals surface area contributed by atoms with Gasteiger partial charge in [0.15, 0.2) is 0 Å². The fourth-order valence-corrected chi connectivity index (χ4v) is 1.52. The summed E-state index contributed by atoms with van der Waals surface area (Å²) in [5.74, 6) is 0.208. The molecule has 0 atom stereocenters. The molecule has 0 spiro atoms. The van der Waals surface area contributed by atoms with E-state index in [0.717, 1.165) is 11.6 Å². The quantitative estimate of drug-likeness (QED) is 0.776. The Morgan fingerprint density at radius 2 is 2.19 bits per heavy atom. The number of hydrogen-bond acceptors (Lipinski definition) is 3. The molecule has 0 radical (unpaired) electrons. The first-order valence-electron chi connectivity index (χ1n) is 4.85. The summed E-state index contributed by atoms with van der Waals surface area (Å²) in [6.45, 7) is 3.83. The first-order chi connectivity index (χ1) is 7.58.